The summed E-state index contributed by atoms with van der Waals surface area (Å²) in [6.07, 6.45) is 13.3. The molecule has 0 nitrogen and oxygen atoms in total. The Balaban J connectivity index is 1.77. The van der Waals surface area contributed by atoms with E-state index in [-0.39, 0.29) is 0 Å². The van der Waals surface area contributed by atoms with E-state index in [1.807, 2.05) is 0 Å². The van der Waals surface area contributed by atoms with Crippen LogP contribution in [-0.2, 0) is 12.8 Å². The number of aryl methyl sites for hydroxylation is 2. The zero-order valence-corrected chi connectivity index (χ0v) is 19.0. The first-order chi connectivity index (χ1) is 12.3. The van der Waals surface area contributed by atoms with E-state index in [4.69, 9.17) is 0 Å². The van der Waals surface area contributed by atoms with Gasteiger partial charge in [0, 0.05) is 0 Å². The van der Waals surface area contributed by atoms with Crippen LogP contribution >= 0.6 is 0 Å². The van der Waals surface area contributed by atoms with E-state index in [1.165, 1.54) is 75.3 Å². The molecule has 0 aliphatic heterocycles. The van der Waals surface area contributed by atoms with Crippen LogP contribution in [0.15, 0.2) is 48.5 Å². The van der Waals surface area contributed by atoms with Crippen LogP contribution in [0.3, 0.4) is 0 Å². The summed E-state index contributed by atoms with van der Waals surface area (Å²) >= 11 is -0.627. The van der Waals surface area contributed by atoms with Gasteiger partial charge in [0.2, 0.25) is 0 Å². The van der Waals surface area contributed by atoms with E-state index in [0.29, 0.717) is 0 Å². The van der Waals surface area contributed by atoms with Crippen LogP contribution in [0, 0.1) is 0 Å². The monoisotopic (exact) mass is 442 g/mol. The van der Waals surface area contributed by atoms with Crippen LogP contribution in [-0.4, -0.2) is 21.1 Å². The normalized spacial score (nSPS) is 11.0. The van der Waals surface area contributed by atoms with Gasteiger partial charge in [-0.2, -0.15) is 0 Å². The van der Waals surface area contributed by atoms with Gasteiger partial charge in [-0.3, -0.25) is 0 Å². The summed E-state index contributed by atoms with van der Waals surface area (Å²) in [5.41, 5.74) is 3.03. The number of hydrogen-bond donors (Lipinski definition) is 0. The predicted molar refractivity (Wildman–Crippen MR) is 114 cm³/mol. The van der Waals surface area contributed by atoms with Crippen molar-refractivity contribution in [3.05, 3.63) is 59.7 Å². The molecule has 0 unspecified atom stereocenters. The molecule has 0 heterocycles. The van der Waals surface area contributed by atoms with Gasteiger partial charge in [-0.15, -0.1) is 0 Å². The third-order valence-corrected chi connectivity index (χ3v) is 8.39. The Morgan fingerprint density at radius 3 is 1.28 bits per heavy atom. The van der Waals surface area contributed by atoms with Gasteiger partial charge in [0.25, 0.3) is 0 Å². The second-order valence-electron chi connectivity index (χ2n) is 7.14. The van der Waals surface area contributed by atoms with Crippen molar-refractivity contribution in [3.8, 4) is 0 Å². The summed E-state index contributed by atoms with van der Waals surface area (Å²) in [4.78, 5) is 0. The van der Waals surface area contributed by atoms with E-state index in [2.05, 4.69) is 62.4 Å². The zero-order chi connectivity index (χ0) is 17.7. The maximum atomic E-state index is 2.39. The second-order valence-corrected chi connectivity index (χ2v) is 11.1. The summed E-state index contributed by atoms with van der Waals surface area (Å²) < 4.78 is 3.19. The van der Waals surface area contributed by atoms with Crippen molar-refractivity contribution in [3.63, 3.8) is 0 Å². The molecule has 0 aromatic heterocycles. The second kappa shape index (κ2) is 12.6. The molecule has 0 N–H and O–H groups in total. The number of rotatable bonds is 12. The molecular formula is C24H34Sn. The Labute approximate surface area is 165 Å². The first-order valence-electron chi connectivity index (χ1n) is 10.3. The van der Waals surface area contributed by atoms with Crippen LogP contribution < -0.4 is 7.16 Å². The van der Waals surface area contributed by atoms with Crippen molar-refractivity contribution in [1.29, 1.82) is 0 Å². The fourth-order valence-electron chi connectivity index (χ4n) is 3.19. The molecule has 0 amide bonds. The molecule has 0 fully saturated rings. The molecule has 0 saturated heterocycles. The Hall–Kier alpha value is -0.761. The average molecular weight is 441 g/mol. The van der Waals surface area contributed by atoms with Crippen LogP contribution in [0.2, 0.25) is 0 Å². The van der Waals surface area contributed by atoms with Gasteiger partial charge in [-0.25, -0.2) is 0 Å². The van der Waals surface area contributed by atoms with Crippen molar-refractivity contribution in [2.75, 3.05) is 0 Å². The zero-order valence-electron chi connectivity index (χ0n) is 16.2. The summed E-state index contributed by atoms with van der Waals surface area (Å²) in [5.74, 6) is 0. The van der Waals surface area contributed by atoms with Crippen molar-refractivity contribution in [1.82, 2.24) is 0 Å². The van der Waals surface area contributed by atoms with Gasteiger partial charge >= 0.3 is 166 Å². The molecule has 0 saturated carbocycles. The molecule has 0 spiro atoms. The molecule has 134 valence electrons. The summed E-state index contributed by atoms with van der Waals surface area (Å²) in [7, 11) is 0. The first kappa shape index (κ1) is 20.5. The van der Waals surface area contributed by atoms with Crippen molar-refractivity contribution in [2.45, 2.75) is 78.1 Å². The molecule has 2 radical (unpaired) electrons. The Morgan fingerprint density at radius 1 is 0.520 bits per heavy atom. The fraction of sp³-hybridized carbons (Fsp3) is 0.500. The molecule has 0 aliphatic carbocycles. The van der Waals surface area contributed by atoms with Crippen LogP contribution in [0.1, 0.15) is 76.3 Å². The molecule has 0 aliphatic rings. The Kier molecular flexibility index (Phi) is 10.3. The van der Waals surface area contributed by atoms with E-state index in [1.54, 1.807) is 7.16 Å². The first-order valence-corrected chi connectivity index (χ1v) is 13.1. The quantitative estimate of drug-likeness (QED) is 0.298. The molecule has 2 rings (SSSR count). The molecule has 0 atom stereocenters. The van der Waals surface area contributed by atoms with Gasteiger partial charge in [-0.1, -0.05) is 0 Å². The third kappa shape index (κ3) is 8.44. The van der Waals surface area contributed by atoms with Gasteiger partial charge in [-0.05, 0) is 0 Å². The molecule has 0 bridgehead atoms. The standard InChI is InChI=1S/2C12H17.Sn/c2*1-2-3-4-6-9-12-10-7-5-8-11-12;/h2*7-8,10-11H,2-4,6,9H2,1H3;. The average Bonchev–Trinajstić information content (AvgIpc) is 2.65. The number of unbranched alkanes of at least 4 members (excludes halogenated alkanes) is 6. The summed E-state index contributed by atoms with van der Waals surface area (Å²) in [5, 5.41) is 0. The SMILES string of the molecule is CCCCCCc1cc[c]([Sn][c]2ccc(CCCCCC)cc2)cc1. The molecule has 2 aromatic carbocycles. The number of hydrogen-bond acceptors (Lipinski definition) is 0. The van der Waals surface area contributed by atoms with Crippen LogP contribution in [0.5, 0.6) is 0 Å². The van der Waals surface area contributed by atoms with Crippen LogP contribution in [0.25, 0.3) is 0 Å². The predicted octanol–water partition coefficient (Wildman–Crippen LogP) is 5.59. The van der Waals surface area contributed by atoms with Gasteiger partial charge < -0.3 is 0 Å². The van der Waals surface area contributed by atoms with Crippen molar-refractivity contribution in [2.24, 2.45) is 0 Å². The molecule has 25 heavy (non-hydrogen) atoms. The van der Waals surface area contributed by atoms with Gasteiger partial charge in [0.1, 0.15) is 0 Å². The number of benzene rings is 2. The van der Waals surface area contributed by atoms with Gasteiger partial charge in [0.15, 0.2) is 0 Å². The minimum atomic E-state index is -0.627. The van der Waals surface area contributed by atoms with Crippen molar-refractivity contribution < 1.29 is 0 Å². The maximum absolute atomic E-state index is 2.39. The molecule has 2 aromatic rings. The third-order valence-electron chi connectivity index (χ3n) is 4.83. The topological polar surface area (TPSA) is 0 Å². The Morgan fingerprint density at radius 2 is 0.920 bits per heavy atom. The summed E-state index contributed by atoms with van der Waals surface area (Å²) in [6, 6.07) is 19.0. The van der Waals surface area contributed by atoms with Crippen LogP contribution in [0.4, 0.5) is 0 Å². The fourth-order valence-corrected chi connectivity index (χ4v) is 6.04. The molecule has 1 heteroatoms. The van der Waals surface area contributed by atoms with Crippen molar-refractivity contribution >= 4 is 28.3 Å². The van der Waals surface area contributed by atoms with E-state index in [9.17, 15) is 0 Å². The van der Waals surface area contributed by atoms with E-state index >= 15 is 0 Å². The van der Waals surface area contributed by atoms with E-state index in [0.717, 1.165) is 0 Å². The van der Waals surface area contributed by atoms with E-state index < -0.39 is 21.1 Å². The Bertz CT molecular complexity index is 515. The molecular weight excluding hydrogens is 407 g/mol. The minimum absolute atomic E-state index is 0.627. The summed E-state index contributed by atoms with van der Waals surface area (Å²) in [6.45, 7) is 4.55. The van der Waals surface area contributed by atoms with Gasteiger partial charge in [0.05, 0.1) is 0 Å².